The summed E-state index contributed by atoms with van der Waals surface area (Å²) in [5.41, 5.74) is 2.82. The van der Waals surface area contributed by atoms with Crippen molar-refractivity contribution in [1.29, 1.82) is 0 Å². The van der Waals surface area contributed by atoms with Gasteiger partial charge in [0.05, 0.1) is 0 Å². The van der Waals surface area contributed by atoms with Crippen molar-refractivity contribution in [2.45, 2.75) is 20.0 Å². The summed E-state index contributed by atoms with van der Waals surface area (Å²) in [6.45, 7) is 3.08. The normalized spacial score (nSPS) is 11.3. The molecule has 0 aromatic heterocycles. The Labute approximate surface area is 151 Å². The number of aliphatic hydroxyl groups is 1. The number of amides is 3. The zero-order valence-electron chi connectivity index (χ0n) is 14.5. The highest BCUT2D eigenvalue weighted by molar-refractivity contribution is 6.02. The van der Waals surface area contributed by atoms with E-state index < -0.39 is 30.6 Å². The summed E-state index contributed by atoms with van der Waals surface area (Å²) in [6.07, 6.45) is -1.49. The number of hydrogen-bond donors (Lipinski definition) is 3. The van der Waals surface area contributed by atoms with Crippen molar-refractivity contribution in [2.75, 3.05) is 11.9 Å². The van der Waals surface area contributed by atoms with Crippen LogP contribution in [0.4, 0.5) is 10.5 Å². The van der Waals surface area contributed by atoms with Crippen molar-refractivity contribution in [3.05, 3.63) is 65.2 Å². The second-order valence-electron chi connectivity index (χ2n) is 5.74. The molecule has 0 aliphatic rings. The van der Waals surface area contributed by atoms with E-state index in [1.54, 1.807) is 36.4 Å². The average molecular weight is 356 g/mol. The highest BCUT2D eigenvalue weighted by Crippen LogP contribution is 2.16. The van der Waals surface area contributed by atoms with Gasteiger partial charge in [0.25, 0.3) is 5.91 Å². The summed E-state index contributed by atoms with van der Waals surface area (Å²) in [5, 5.41) is 14.4. The lowest BCUT2D eigenvalue weighted by Crippen LogP contribution is -2.37. The Morgan fingerprint density at radius 2 is 1.77 bits per heavy atom. The van der Waals surface area contributed by atoms with Crippen LogP contribution in [0.5, 0.6) is 0 Å². The number of aryl methyl sites for hydroxylation is 2. The van der Waals surface area contributed by atoms with Gasteiger partial charge in [0.15, 0.2) is 12.7 Å². The van der Waals surface area contributed by atoms with Crippen LogP contribution in [0, 0.1) is 13.8 Å². The minimum Gasteiger partial charge on any atom is -0.453 e. The summed E-state index contributed by atoms with van der Waals surface area (Å²) in [5.74, 6) is -1.78. The molecule has 7 nitrogen and oxygen atoms in total. The second kappa shape index (κ2) is 8.77. The van der Waals surface area contributed by atoms with E-state index in [9.17, 15) is 19.5 Å². The van der Waals surface area contributed by atoms with E-state index >= 15 is 0 Å². The Morgan fingerprint density at radius 3 is 2.42 bits per heavy atom. The molecule has 0 spiro atoms. The van der Waals surface area contributed by atoms with Crippen molar-refractivity contribution >= 4 is 23.6 Å². The quantitative estimate of drug-likeness (QED) is 0.713. The molecule has 0 bridgehead atoms. The van der Waals surface area contributed by atoms with E-state index in [1.165, 1.54) is 0 Å². The molecule has 0 saturated carbocycles. The Morgan fingerprint density at radius 1 is 1.08 bits per heavy atom. The van der Waals surface area contributed by atoms with Gasteiger partial charge in [-0.25, -0.2) is 9.59 Å². The molecule has 2 aromatic carbocycles. The number of ether oxygens (including phenoxy) is 1. The summed E-state index contributed by atoms with van der Waals surface area (Å²) in [7, 11) is 0. The van der Waals surface area contributed by atoms with E-state index in [0.717, 1.165) is 11.1 Å². The number of carbonyl (C=O) groups excluding carboxylic acids is 3. The number of anilines is 1. The number of imide groups is 1. The Balaban J connectivity index is 1.81. The van der Waals surface area contributed by atoms with Crippen molar-refractivity contribution < 1.29 is 24.2 Å². The number of rotatable bonds is 5. The molecule has 0 unspecified atom stereocenters. The lowest BCUT2D eigenvalue weighted by Gasteiger charge is -2.12. The van der Waals surface area contributed by atoms with Gasteiger partial charge in [-0.2, -0.15) is 0 Å². The third-order valence-corrected chi connectivity index (χ3v) is 3.57. The lowest BCUT2D eigenvalue weighted by atomic mass is 10.1. The van der Waals surface area contributed by atoms with Gasteiger partial charge in [0.1, 0.15) is 0 Å². The minimum atomic E-state index is -1.49. The number of esters is 1. The molecule has 0 fully saturated rings. The fraction of sp³-hybridized carbons (Fsp3) is 0.211. The molecule has 0 radical (unpaired) electrons. The third-order valence-electron chi connectivity index (χ3n) is 3.57. The summed E-state index contributed by atoms with van der Waals surface area (Å²) in [6, 6.07) is 12.9. The lowest BCUT2D eigenvalue weighted by molar-refractivity contribution is -0.157. The van der Waals surface area contributed by atoms with Crippen LogP contribution < -0.4 is 10.6 Å². The monoisotopic (exact) mass is 356 g/mol. The number of aliphatic hydroxyl groups excluding tert-OH is 1. The fourth-order valence-corrected chi connectivity index (χ4v) is 2.26. The Kier molecular flexibility index (Phi) is 6.46. The van der Waals surface area contributed by atoms with Crippen molar-refractivity contribution in [3.63, 3.8) is 0 Å². The number of benzene rings is 2. The SMILES string of the molecule is Cc1ccc(NC(=O)NC(=O)COC(=O)[C@@H](O)c2ccccc2)c(C)c1. The predicted molar refractivity (Wildman–Crippen MR) is 95.4 cm³/mol. The molecule has 3 amide bonds. The minimum absolute atomic E-state index is 0.352. The molecule has 0 saturated heterocycles. The molecular formula is C19H20N2O5. The van der Waals surface area contributed by atoms with Crippen LogP contribution in [-0.4, -0.2) is 29.6 Å². The number of urea groups is 1. The summed E-state index contributed by atoms with van der Waals surface area (Å²) >= 11 is 0. The largest absolute Gasteiger partial charge is 0.453 e. The predicted octanol–water partition coefficient (Wildman–Crippen LogP) is 2.23. The molecule has 26 heavy (non-hydrogen) atoms. The van der Waals surface area contributed by atoms with Gasteiger partial charge >= 0.3 is 12.0 Å². The average Bonchev–Trinajstić information content (AvgIpc) is 2.62. The number of nitrogens with one attached hydrogen (secondary N) is 2. The summed E-state index contributed by atoms with van der Waals surface area (Å²) in [4.78, 5) is 35.3. The van der Waals surface area contributed by atoms with E-state index in [2.05, 4.69) is 10.6 Å². The first-order valence-electron chi connectivity index (χ1n) is 7.94. The first kappa shape index (κ1) is 19.1. The van der Waals surface area contributed by atoms with Gasteiger partial charge in [-0.15, -0.1) is 0 Å². The van der Waals surface area contributed by atoms with Crippen LogP contribution in [0.15, 0.2) is 48.5 Å². The number of hydrogen-bond acceptors (Lipinski definition) is 5. The van der Waals surface area contributed by atoms with E-state index in [0.29, 0.717) is 11.3 Å². The smallest absolute Gasteiger partial charge is 0.340 e. The van der Waals surface area contributed by atoms with Gasteiger partial charge in [-0.1, -0.05) is 48.0 Å². The highest BCUT2D eigenvalue weighted by Gasteiger charge is 2.20. The topological polar surface area (TPSA) is 105 Å². The molecule has 136 valence electrons. The standard InChI is InChI=1S/C19H20N2O5/c1-12-8-9-15(13(2)10-12)20-19(25)21-16(22)11-26-18(24)17(23)14-6-4-3-5-7-14/h3-10,17,23H,11H2,1-2H3,(H2,20,21,22,25)/t17-/m0/s1. The van der Waals surface area contributed by atoms with Gasteiger partial charge in [0.2, 0.25) is 0 Å². The van der Waals surface area contributed by atoms with E-state index in [1.807, 2.05) is 26.0 Å². The Hall–Kier alpha value is -3.19. The fourth-order valence-electron chi connectivity index (χ4n) is 2.26. The molecule has 7 heteroatoms. The molecule has 3 N–H and O–H groups in total. The molecule has 2 rings (SSSR count). The van der Waals surface area contributed by atoms with Crippen molar-refractivity contribution in [3.8, 4) is 0 Å². The molecule has 0 heterocycles. The van der Waals surface area contributed by atoms with Gasteiger partial charge in [-0.05, 0) is 31.0 Å². The maximum Gasteiger partial charge on any atom is 0.340 e. The highest BCUT2D eigenvalue weighted by atomic mass is 16.5. The van der Waals surface area contributed by atoms with Gasteiger partial charge in [-0.3, -0.25) is 10.1 Å². The first-order valence-corrected chi connectivity index (χ1v) is 7.94. The molecule has 0 aliphatic carbocycles. The van der Waals surface area contributed by atoms with Crippen LogP contribution >= 0.6 is 0 Å². The summed E-state index contributed by atoms with van der Waals surface area (Å²) < 4.78 is 4.73. The Bertz CT molecular complexity index is 805. The van der Waals surface area contributed by atoms with Crippen molar-refractivity contribution in [1.82, 2.24) is 5.32 Å². The van der Waals surface area contributed by atoms with Crippen LogP contribution in [0.2, 0.25) is 0 Å². The molecular weight excluding hydrogens is 336 g/mol. The van der Waals surface area contributed by atoms with Gasteiger partial charge < -0.3 is 15.2 Å². The number of carbonyl (C=O) groups is 3. The van der Waals surface area contributed by atoms with Crippen LogP contribution in [0.1, 0.15) is 22.8 Å². The van der Waals surface area contributed by atoms with E-state index in [4.69, 9.17) is 4.74 Å². The van der Waals surface area contributed by atoms with Gasteiger partial charge in [0, 0.05) is 5.69 Å². The van der Waals surface area contributed by atoms with Crippen LogP contribution in [0.25, 0.3) is 0 Å². The van der Waals surface area contributed by atoms with Crippen molar-refractivity contribution in [2.24, 2.45) is 0 Å². The first-order chi connectivity index (χ1) is 12.4. The third kappa shape index (κ3) is 5.42. The molecule has 2 aromatic rings. The van der Waals surface area contributed by atoms with Crippen LogP contribution in [-0.2, 0) is 14.3 Å². The van der Waals surface area contributed by atoms with Crippen LogP contribution in [0.3, 0.4) is 0 Å². The maximum absolute atomic E-state index is 11.8. The van der Waals surface area contributed by atoms with E-state index in [-0.39, 0.29) is 0 Å². The maximum atomic E-state index is 11.8. The zero-order valence-corrected chi connectivity index (χ0v) is 14.5. The second-order valence-corrected chi connectivity index (χ2v) is 5.74. The molecule has 1 atom stereocenters. The molecule has 0 aliphatic heterocycles. The zero-order chi connectivity index (χ0) is 19.1.